The highest BCUT2D eigenvalue weighted by molar-refractivity contribution is 6.07. The molecular weight excluding hydrogens is 250 g/mol. The Balaban J connectivity index is 1.66. The number of aromatic amines is 1. The molecule has 1 saturated heterocycles. The number of fused-ring (bicyclic) bond motifs is 2. The molecule has 104 valence electrons. The number of aromatic nitrogens is 1. The number of amides is 1. The normalized spacial score (nSPS) is 25.3. The fourth-order valence-corrected chi connectivity index (χ4v) is 3.89. The molecule has 0 bridgehead atoms. The first-order valence-electron chi connectivity index (χ1n) is 7.38. The zero-order valence-corrected chi connectivity index (χ0v) is 11.4. The molecule has 1 aromatic heterocycles. The monoisotopic (exact) mass is 269 g/mol. The van der Waals surface area contributed by atoms with Crippen molar-refractivity contribution in [1.29, 1.82) is 0 Å². The van der Waals surface area contributed by atoms with Crippen molar-refractivity contribution in [3.63, 3.8) is 0 Å². The molecule has 1 aromatic carbocycles. The summed E-state index contributed by atoms with van der Waals surface area (Å²) in [6, 6.07) is 5.67. The Morgan fingerprint density at radius 2 is 2.00 bits per heavy atom. The van der Waals surface area contributed by atoms with Gasteiger partial charge in [-0.25, -0.2) is 0 Å². The first kappa shape index (κ1) is 11.8. The number of nitrogens with two attached hydrogens (primary N) is 1. The molecule has 1 amide bonds. The predicted molar refractivity (Wildman–Crippen MR) is 79.4 cm³/mol. The third-order valence-corrected chi connectivity index (χ3v) is 4.95. The lowest BCUT2D eigenvalue weighted by Crippen LogP contribution is -2.29. The Labute approximate surface area is 117 Å². The van der Waals surface area contributed by atoms with E-state index in [1.165, 1.54) is 19.3 Å². The van der Waals surface area contributed by atoms with Crippen LogP contribution in [0.2, 0.25) is 0 Å². The molecule has 1 aliphatic heterocycles. The van der Waals surface area contributed by atoms with Crippen molar-refractivity contribution in [1.82, 2.24) is 9.88 Å². The topological polar surface area (TPSA) is 62.1 Å². The van der Waals surface area contributed by atoms with Crippen molar-refractivity contribution in [2.24, 2.45) is 11.8 Å². The number of hydrogen-bond acceptors (Lipinski definition) is 2. The number of nitrogens with one attached hydrogen (secondary N) is 1. The summed E-state index contributed by atoms with van der Waals surface area (Å²) in [5.74, 6) is 1.61. The molecule has 2 aromatic rings. The second kappa shape index (κ2) is 4.27. The molecule has 4 heteroatoms. The summed E-state index contributed by atoms with van der Waals surface area (Å²) < 4.78 is 0. The van der Waals surface area contributed by atoms with Crippen molar-refractivity contribution in [2.45, 2.75) is 19.3 Å². The summed E-state index contributed by atoms with van der Waals surface area (Å²) in [5.41, 5.74) is 8.27. The second-order valence-corrected chi connectivity index (χ2v) is 6.17. The van der Waals surface area contributed by atoms with E-state index in [1.54, 1.807) is 0 Å². The van der Waals surface area contributed by atoms with E-state index >= 15 is 0 Å². The van der Waals surface area contributed by atoms with Crippen LogP contribution in [0.25, 0.3) is 10.9 Å². The van der Waals surface area contributed by atoms with Crippen molar-refractivity contribution in [2.75, 3.05) is 18.8 Å². The van der Waals surface area contributed by atoms with Gasteiger partial charge in [-0.2, -0.15) is 0 Å². The van der Waals surface area contributed by atoms with Crippen LogP contribution in [0, 0.1) is 11.8 Å². The molecule has 2 heterocycles. The lowest BCUT2D eigenvalue weighted by Gasteiger charge is -2.16. The third-order valence-electron chi connectivity index (χ3n) is 4.95. The zero-order valence-electron chi connectivity index (χ0n) is 11.4. The molecule has 1 saturated carbocycles. The van der Waals surface area contributed by atoms with E-state index in [0.717, 1.165) is 41.4 Å². The molecule has 2 fully saturated rings. The molecule has 4 nitrogen and oxygen atoms in total. The maximum atomic E-state index is 12.7. The van der Waals surface area contributed by atoms with Crippen molar-refractivity contribution in [3.05, 3.63) is 30.0 Å². The highest BCUT2D eigenvalue weighted by Gasteiger charge is 2.38. The first-order chi connectivity index (χ1) is 9.72. The van der Waals surface area contributed by atoms with Gasteiger partial charge in [-0.1, -0.05) is 6.42 Å². The maximum Gasteiger partial charge on any atom is 0.256 e. The number of nitrogen functional groups attached to an aromatic ring is 1. The van der Waals surface area contributed by atoms with Gasteiger partial charge in [0.2, 0.25) is 0 Å². The lowest BCUT2D eigenvalue weighted by atomic mass is 10.0. The van der Waals surface area contributed by atoms with E-state index in [4.69, 9.17) is 5.73 Å². The van der Waals surface area contributed by atoms with Gasteiger partial charge in [0, 0.05) is 35.9 Å². The van der Waals surface area contributed by atoms with Crippen LogP contribution in [0.1, 0.15) is 29.6 Å². The highest BCUT2D eigenvalue weighted by atomic mass is 16.2. The number of likely N-dealkylation sites (tertiary alicyclic amines) is 1. The van der Waals surface area contributed by atoms with E-state index in [2.05, 4.69) is 4.98 Å². The molecule has 1 aliphatic carbocycles. The van der Waals surface area contributed by atoms with Crippen molar-refractivity contribution >= 4 is 22.5 Å². The minimum atomic E-state index is 0.149. The Morgan fingerprint density at radius 1 is 1.25 bits per heavy atom. The van der Waals surface area contributed by atoms with Crippen LogP contribution in [0.3, 0.4) is 0 Å². The molecule has 2 aliphatic rings. The number of benzene rings is 1. The van der Waals surface area contributed by atoms with Gasteiger partial charge in [0.25, 0.3) is 5.91 Å². The largest absolute Gasteiger partial charge is 0.399 e. The van der Waals surface area contributed by atoms with Crippen LogP contribution in [0.4, 0.5) is 5.69 Å². The number of H-pyrrole nitrogens is 1. The number of nitrogens with zero attached hydrogens (tertiary/aromatic N) is 1. The van der Waals surface area contributed by atoms with Crippen molar-refractivity contribution in [3.8, 4) is 0 Å². The van der Waals surface area contributed by atoms with Gasteiger partial charge in [-0.15, -0.1) is 0 Å². The van der Waals surface area contributed by atoms with Gasteiger partial charge >= 0.3 is 0 Å². The summed E-state index contributed by atoms with van der Waals surface area (Å²) >= 11 is 0. The smallest absolute Gasteiger partial charge is 0.256 e. The third kappa shape index (κ3) is 1.71. The average Bonchev–Trinajstić information content (AvgIpc) is 3.10. The molecule has 20 heavy (non-hydrogen) atoms. The average molecular weight is 269 g/mol. The maximum absolute atomic E-state index is 12.7. The molecular formula is C16H19N3O. The Hall–Kier alpha value is -1.97. The highest BCUT2D eigenvalue weighted by Crippen LogP contribution is 2.38. The van der Waals surface area contributed by atoms with Crippen LogP contribution in [0.15, 0.2) is 24.4 Å². The SMILES string of the molecule is Nc1ccc2[nH]cc(C(=O)N3CC4CCCC4C3)c2c1. The number of carbonyl (C=O) groups is 1. The van der Waals surface area contributed by atoms with E-state index in [0.29, 0.717) is 5.69 Å². The van der Waals surface area contributed by atoms with E-state index in [9.17, 15) is 4.79 Å². The van der Waals surface area contributed by atoms with E-state index in [-0.39, 0.29) is 5.91 Å². The minimum Gasteiger partial charge on any atom is -0.399 e. The van der Waals surface area contributed by atoms with Gasteiger partial charge < -0.3 is 15.6 Å². The number of rotatable bonds is 1. The fraction of sp³-hybridized carbons (Fsp3) is 0.438. The molecule has 2 unspecified atom stereocenters. The Kier molecular flexibility index (Phi) is 2.52. The Bertz CT molecular complexity index is 663. The van der Waals surface area contributed by atoms with Crippen molar-refractivity contribution < 1.29 is 4.79 Å². The van der Waals surface area contributed by atoms with Gasteiger partial charge in [-0.3, -0.25) is 4.79 Å². The minimum absolute atomic E-state index is 0.149. The van der Waals surface area contributed by atoms with Gasteiger partial charge in [0.05, 0.1) is 5.56 Å². The number of anilines is 1. The summed E-state index contributed by atoms with van der Waals surface area (Å²) in [6.45, 7) is 1.86. The number of carbonyl (C=O) groups excluding carboxylic acids is 1. The summed E-state index contributed by atoms with van der Waals surface area (Å²) in [5, 5.41) is 0.937. The molecule has 0 spiro atoms. The predicted octanol–water partition coefficient (Wildman–Crippen LogP) is 2.62. The second-order valence-electron chi connectivity index (χ2n) is 6.17. The molecule has 2 atom stereocenters. The summed E-state index contributed by atoms with van der Waals surface area (Å²) in [4.78, 5) is 17.9. The van der Waals surface area contributed by atoms with Gasteiger partial charge in [0.1, 0.15) is 0 Å². The van der Waals surface area contributed by atoms with Gasteiger partial charge in [-0.05, 0) is 42.9 Å². The van der Waals surface area contributed by atoms with Gasteiger partial charge in [0.15, 0.2) is 0 Å². The summed E-state index contributed by atoms with van der Waals surface area (Å²) in [6.07, 6.45) is 5.73. The van der Waals surface area contributed by atoms with Crippen LogP contribution in [0.5, 0.6) is 0 Å². The zero-order chi connectivity index (χ0) is 13.7. The molecule has 3 N–H and O–H groups in total. The molecule has 4 rings (SSSR count). The van der Waals surface area contributed by atoms with E-state index < -0.39 is 0 Å². The molecule has 0 radical (unpaired) electrons. The summed E-state index contributed by atoms with van der Waals surface area (Å²) in [7, 11) is 0. The van der Waals surface area contributed by atoms with E-state index in [1.807, 2.05) is 29.3 Å². The standard InChI is InChI=1S/C16H19N3O/c17-12-4-5-15-13(6-12)14(7-18-15)16(20)19-8-10-2-1-3-11(10)9-19/h4-7,10-11,18H,1-3,8-9,17H2. The quantitative estimate of drug-likeness (QED) is 0.782. The Morgan fingerprint density at radius 3 is 2.75 bits per heavy atom. The van der Waals surface area contributed by atoms with Crippen LogP contribution < -0.4 is 5.73 Å². The lowest BCUT2D eigenvalue weighted by molar-refractivity contribution is 0.0782. The van der Waals surface area contributed by atoms with Crippen LogP contribution in [-0.4, -0.2) is 28.9 Å². The van der Waals surface area contributed by atoms with Crippen LogP contribution in [-0.2, 0) is 0 Å². The fourth-order valence-electron chi connectivity index (χ4n) is 3.89. The first-order valence-corrected chi connectivity index (χ1v) is 7.38. The van der Waals surface area contributed by atoms with Crippen LogP contribution >= 0.6 is 0 Å². The number of hydrogen-bond donors (Lipinski definition) is 2.